The fourth-order valence-corrected chi connectivity index (χ4v) is 6.83. The zero-order chi connectivity index (χ0) is 24.9. The molecule has 35 heavy (non-hydrogen) atoms. The lowest BCUT2D eigenvalue weighted by Gasteiger charge is -2.53. The number of amides is 3. The topological polar surface area (TPSA) is 118 Å². The van der Waals surface area contributed by atoms with Crippen molar-refractivity contribution in [2.45, 2.75) is 62.6 Å². The molecule has 1 aliphatic carbocycles. The van der Waals surface area contributed by atoms with Crippen molar-refractivity contribution in [2.75, 3.05) is 6.54 Å². The molecule has 0 spiro atoms. The van der Waals surface area contributed by atoms with Gasteiger partial charge in [0.05, 0.1) is 27.2 Å². The van der Waals surface area contributed by atoms with Crippen LogP contribution in [0, 0.1) is 23.2 Å². The number of nitrogens with zero attached hydrogens (tertiary/aromatic N) is 2. The zero-order valence-electron chi connectivity index (χ0n) is 18.7. The van der Waals surface area contributed by atoms with Crippen LogP contribution in [0.4, 0.5) is 8.78 Å². The number of thiophene rings is 1. The number of carbonyl (C=O) groups is 3. The van der Waals surface area contributed by atoms with Gasteiger partial charge in [0, 0.05) is 30.3 Å². The summed E-state index contributed by atoms with van der Waals surface area (Å²) in [6.07, 6.45) is 1.41. The monoisotopic (exact) mass is 523 g/mol. The molecule has 6 rings (SSSR count). The van der Waals surface area contributed by atoms with Crippen LogP contribution in [0.2, 0.25) is 5.02 Å². The van der Waals surface area contributed by atoms with Gasteiger partial charge in [-0.1, -0.05) is 11.6 Å². The number of aromatic nitrogens is 1. The van der Waals surface area contributed by atoms with Gasteiger partial charge in [-0.25, -0.2) is 8.78 Å². The molecule has 0 radical (unpaired) electrons. The fraction of sp³-hybridized carbons (Fsp3) is 0.565. The summed E-state index contributed by atoms with van der Waals surface area (Å²) >= 11 is 7.50. The van der Waals surface area contributed by atoms with Crippen LogP contribution in [0.5, 0.6) is 0 Å². The molecular formula is C23H24ClF2N5O3S. The van der Waals surface area contributed by atoms with Crippen molar-refractivity contribution in [3.05, 3.63) is 22.2 Å². The zero-order valence-corrected chi connectivity index (χ0v) is 20.2. The number of hydrogen-bond donors (Lipinski definition) is 3. The van der Waals surface area contributed by atoms with E-state index < -0.39 is 54.1 Å². The van der Waals surface area contributed by atoms with Crippen molar-refractivity contribution in [3.8, 4) is 6.07 Å². The van der Waals surface area contributed by atoms with E-state index in [0.717, 1.165) is 11.1 Å². The molecule has 3 amide bonds. The number of rotatable bonds is 5. The van der Waals surface area contributed by atoms with Crippen molar-refractivity contribution < 1.29 is 23.2 Å². The first-order valence-corrected chi connectivity index (χ1v) is 12.9. The van der Waals surface area contributed by atoms with E-state index in [-0.39, 0.29) is 24.4 Å². The largest absolute Gasteiger partial charge is 0.356 e. The second-order valence-electron chi connectivity index (χ2n) is 9.52. The number of nitrogens with one attached hydrogen (secondary N) is 3. The van der Waals surface area contributed by atoms with Crippen molar-refractivity contribution >= 4 is 50.9 Å². The molecule has 12 heteroatoms. The molecule has 1 saturated carbocycles. The van der Waals surface area contributed by atoms with Crippen LogP contribution >= 0.6 is 22.9 Å². The van der Waals surface area contributed by atoms with E-state index in [1.165, 1.54) is 16.2 Å². The minimum absolute atomic E-state index is 0.0879. The minimum atomic E-state index is -3.10. The van der Waals surface area contributed by atoms with Crippen molar-refractivity contribution in [2.24, 2.45) is 11.8 Å². The van der Waals surface area contributed by atoms with Crippen LogP contribution in [-0.4, -0.2) is 58.2 Å². The van der Waals surface area contributed by atoms with E-state index in [4.69, 9.17) is 11.6 Å². The predicted octanol–water partition coefficient (Wildman–Crippen LogP) is 3.44. The Morgan fingerprint density at radius 2 is 2.17 bits per heavy atom. The first kappa shape index (κ1) is 24.0. The Morgan fingerprint density at radius 3 is 2.86 bits per heavy atom. The maximum Gasteiger partial charge on any atom is 0.271 e. The predicted molar refractivity (Wildman–Crippen MR) is 125 cm³/mol. The van der Waals surface area contributed by atoms with Crippen molar-refractivity contribution in [1.29, 1.82) is 5.26 Å². The molecule has 2 bridgehead atoms. The third-order valence-corrected chi connectivity index (χ3v) is 8.73. The number of carbonyl (C=O) groups excluding carboxylic acids is 3. The lowest BCUT2D eigenvalue weighted by atomic mass is 9.71. The minimum Gasteiger partial charge on any atom is -0.356 e. The Hall–Kier alpha value is -2.71. The molecular weight excluding hydrogens is 500 g/mol. The average molecular weight is 524 g/mol. The highest BCUT2D eigenvalue weighted by molar-refractivity contribution is 7.17. The van der Waals surface area contributed by atoms with Crippen LogP contribution in [0.1, 0.15) is 49.0 Å². The van der Waals surface area contributed by atoms with Gasteiger partial charge in [-0.3, -0.25) is 14.4 Å². The summed E-state index contributed by atoms with van der Waals surface area (Å²) in [5.41, 5.74) is 0.766. The first-order valence-electron chi connectivity index (χ1n) is 11.6. The van der Waals surface area contributed by atoms with Gasteiger partial charge in [0.15, 0.2) is 0 Å². The summed E-state index contributed by atoms with van der Waals surface area (Å²) in [6, 6.07) is 0.338. The summed E-state index contributed by atoms with van der Waals surface area (Å²) in [5.74, 6) is -6.42. The van der Waals surface area contributed by atoms with Gasteiger partial charge in [0.2, 0.25) is 11.8 Å². The van der Waals surface area contributed by atoms with Crippen LogP contribution in [-0.2, 0) is 9.59 Å². The summed E-state index contributed by atoms with van der Waals surface area (Å²) in [6.45, 7) is 0.567. The van der Waals surface area contributed by atoms with E-state index >= 15 is 0 Å². The fourth-order valence-electron chi connectivity index (χ4n) is 5.68. The number of fused-ring (bicyclic) bond motifs is 4. The quantitative estimate of drug-likeness (QED) is 0.556. The normalized spacial score (nSPS) is 28.4. The highest BCUT2D eigenvalue weighted by Gasteiger charge is 2.60. The van der Waals surface area contributed by atoms with E-state index in [9.17, 15) is 28.4 Å². The van der Waals surface area contributed by atoms with Crippen LogP contribution in [0.25, 0.3) is 10.2 Å². The van der Waals surface area contributed by atoms with Gasteiger partial charge in [0.25, 0.3) is 11.8 Å². The standard InChI is InChI=1S/C23H24ClF2N5O3S/c24-15-10-35-17-7-16(30-18(15)17)22(34)31-13-3-4-14(23(25,26)8-13)19(31)21(33)29-12(9-27)6-11-2-1-5-28-20(11)32/h7,10-14,19,30H,1-6,8H2,(H,28,32)(H,29,33)/t11-,12+,13-,14-,19-/m1/s1. The Kier molecular flexibility index (Phi) is 6.21. The Labute approximate surface area is 209 Å². The van der Waals surface area contributed by atoms with Crippen molar-refractivity contribution in [3.63, 3.8) is 0 Å². The third kappa shape index (κ3) is 4.27. The lowest BCUT2D eigenvalue weighted by Crippen LogP contribution is -2.68. The highest BCUT2D eigenvalue weighted by Crippen LogP contribution is 2.49. The lowest BCUT2D eigenvalue weighted by molar-refractivity contribution is -0.179. The summed E-state index contributed by atoms with van der Waals surface area (Å²) < 4.78 is 30.6. The Bertz CT molecular complexity index is 1220. The van der Waals surface area contributed by atoms with Gasteiger partial charge in [-0.05, 0) is 38.2 Å². The third-order valence-electron chi connectivity index (χ3n) is 7.37. The van der Waals surface area contributed by atoms with Crippen molar-refractivity contribution in [1.82, 2.24) is 20.5 Å². The molecule has 2 aromatic heterocycles. The number of piperidine rings is 3. The SMILES string of the molecule is N#C[C@H](C[C@H]1CCCNC1=O)NC(=O)[C@H]1[C@H]2CC[C@H](CC2(F)F)N1C(=O)c1cc2scc(Cl)c2[nH]1. The second-order valence-corrected chi connectivity index (χ2v) is 10.8. The molecule has 5 heterocycles. The average Bonchev–Trinajstić information content (AvgIpc) is 3.40. The molecule has 4 fully saturated rings. The summed E-state index contributed by atoms with van der Waals surface area (Å²) in [5, 5.41) is 17.1. The molecule has 5 atom stereocenters. The molecule has 3 aliphatic heterocycles. The number of hydrogen-bond acceptors (Lipinski definition) is 5. The number of aromatic amines is 1. The molecule has 0 unspecified atom stereocenters. The number of halogens is 3. The van der Waals surface area contributed by atoms with E-state index in [1.807, 2.05) is 6.07 Å². The smallest absolute Gasteiger partial charge is 0.271 e. The molecule has 186 valence electrons. The van der Waals surface area contributed by atoms with Gasteiger partial charge in [-0.15, -0.1) is 11.3 Å². The molecule has 2 aromatic rings. The van der Waals surface area contributed by atoms with Crippen LogP contribution < -0.4 is 10.6 Å². The van der Waals surface area contributed by atoms with Crippen LogP contribution in [0.3, 0.4) is 0 Å². The Balaban J connectivity index is 1.40. The van der Waals surface area contributed by atoms with E-state index in [2.05, 4.69) is 15.6 Å². The summed E-state index contributed by atoms with van der Waals surface area (Å²) in [4.78, 5) is 43.2. The molecule has 4 aliphatic rings. The maximum atomic E-state index is 14.9. The second kappa shape index (κ2) is 9.06. The molecule has 8 nitrogen and oxygen atoms in total. The van der Waals surface area contributed by atoms with Gasteiger partial charge in [0.1, 0.15) is 17.8 Å². The molecule has 3 N–H and O–H groups in total. The molecule has 0 aromatic carbocycles. The van der Waals surface area contributed by atoms with Gasteiger partial charge in [-0.2, -0.15) is 5.26 Å². The molecule has 3 saturated heterocycles. The van der Waals surface area contributed by atoms with Gasteiger partial charge >= 0.3 is 0 Å². The number of H-pyrrole nitrogens is 1. The van der Waals surface area contributed by atoms with E-state index in [0.29, 0.717) is 29.9 Å². The maximum absolute atomic E-state index is 14.9. The highest BCUT2D eigenvalue weighted by atomic mass is 35.5. The first-order chi connectivity index (χ1) is 16.7. The summed E-state index contributed by atoms with van der Waals surface area (Å²) in [7, 11) is 0. The van der Waals surface area contributed by atoms with Crippen LogP contribution in [0.15, 0.2) is 11.4 Å². The Morgan fingerprint density at radius 1 is 1.37 bits per heavy atom. The number of alkyl halides is 2. The van der Waals surface area contributed by atoms with E-state index in [1.54, 1.807) is 11.4 Å². The van der Waals surface area contributed by atoms with Gasteiger partial charge < -0.3 is 20.5 Å². The number of nitriles is 1.